The summed E-state index contributed by atoms with van der Waals surface area (Å²) >= 11 is 0. The summed E-state index contributed by atoms with van der Waals surface area (Å²) in [6.07, 6.45) is -9.68. The zero-order chi connectivity index (χ0) is 16.7. The molecule has 0 spiro atoms. The Hall–Kier alpha value is -1.98. The molecule has 0 fully saturated rings. The predicted molar refractivity (Wildman–Crippen MR) is 71.4 cm³/mol. The largest absolute Gasteiger partial charge is 0.416 e. The summed E-state index contributed by atoms with van der Waals surface area (Å²) in [6, 6.07) is 6.61. The van der Waals surface area contributed by atoms with Gasteiger partial charge in [0, 0.05) is 0 Å². The maximum absolute atomic E-state index is 12.9. The molecule has 6 heteroatoms. The number of rotatable bonds is 1. The number of hydrogen-bond donors (Lipinski definition) is 0. The van der Waals surface area contributed by atoms with Crippen molar-refractivity contribution in [1.29, 1.82) is 0 Å². The third kappa shape index (κ3) is 3.43. The van der Waals surface area contributed by atoms with Gasteiger partial charge in [0.15, 0.2) is 0 Å². The molecule has 0 atom stereocenters. The first kappa shape index (κ1) is 16.4. The Balaban J connectivity index is 2.73. The zero-order valence-corrected chi connectivity index (χ0v) is 11.7. The van der Waals surface area contributed by atoms with E-state index >= 15 is 0 Å². The first-order valence-corrected chi connectivity index (χ1v) is 6.35. The van der Waals surface area contributed by atoms with Crippen molar-refractivity contribution in [3.05, 3.63) is 58.7 Å². The molecule has 0 saturated heterocycles. The van der Waals surface area contributed by atoms with Crippen molar-refractivity contribution < 1.29 is 26.3 Å². The lowest BCUT2D eigenvalue weighted by atomic mass is 9.95. The molecule has 0 nitrogen and oxygen atoms in total. The second kappa shape index (κ2) is 5.34. The molecule has 0 bridgehead atoms. The van der Waals surface area contributed by atoms with E-state index in [-0.39, 0.29) is 11.6 Å². The van der Waals surface area contributed by atoms with Gasteiger partial charge in [-0.1, -0.05) is 23.8 Å². The van der Waals surface area contributed by atoms with Crippen molar-refractivity contribution in [1.82, 2.24) is 0 Å². The molecule has 0 N–H and O–H groups in total. The minimum Gasteiger partial charge on any atom is -0.166 e. The minimum absolute atomic E-state index is 0.0941. The fraction of sp³-hybridized carbons (Fsp3) is 0.250. The normalized spacial score (nSPS) is 12.5. The Morgan fingerprint density at radius 2 is 1.18 bits per heavy atom. The van der Waals surface area contributed by atoms with E-state index < -0.39 is 23.5 Å². The van der Waals surface area contributed by atoms with E-state index in [4.69, 9.17) is 0 Å². The number of hydrogen-bond acceptors (Lipinski definition) is 0. The molecular formula is C16H12F6. The first-order chi connectivity index (χ1) is 9.98. The molecule has 2 aromatic carbocycles. The molecule has 2 aromatic rings. The zero-order valence-electron chi connectivity index (χ0n) is 11.7. The van der Waals surface area contributed by atoms with Gasteiger partial charge in [-0.3, -0.25) is 0 Å². The van der Waals surface area contributed by atoms with Crippen molar-refractivity contribution in [2.75, 3.05) is 0 Å². The fourth-order valence-electron chi connectivity index (χ4n) is 2.16. The quantitative estimate of drug-likeness (QED) is 0.565. The van der Waals surface area contributed by atoms with Crippen molar-refractivity contribution in [3.63, 3.8) is 0 Å². The van der Waals surface area contributed by atoms with Crippen LogP contribution in [0, 0.1) is 13.8 Å². The summed E-state index contributed by atoms with van der Waals surface area (Å²) in [5.41, 5.74) is -0.985. The monoisotopic (exact) mass is 318 g/mol. The van der Waals surface area contributed by atoms with Crippen LogP contribution in [0.1, 0.15) is 22.3 Å². The van der Waals surface area contributed by atoms with Crippen molar-refractivity contribution in [2.24, 2.45) is 0 Å². The van der Waals surface area contributed by atoms with Crippen molar-refractivity contribution in [3.8, 4) is 11.1 Å². The lowest BCUT2D eigenvalue weighted by Crippen LogP contribution is -2.11. The lowest BCUT2D eigenvalue weighted by Gasteiger charge is -2.15. The molecule has 0 saturated carbocycles. The van der Waals surface area contributed by atoms with E-state index in [0.717, 1.165) is 17.7 Å². The molecule has 0 unspecified atom stereocenters. The Bertz CT molecular complexity index is 663. The second-order valence-electron chi connectivity index (χ2n) is 5.11. The van der Waals surface area contributed by atoms with Gasteiger partial charge < -0.3 is 0 Å². The third-order valence-corrected chi connectivity index (χ3v) is 3.29. The van der Waals surface area contributed by atoms with Crippen LogP contribution in [0.2, 0.25) is 0 Å². The summed E-state index contributed by atoms with van der Waals surface area (Å²) in [4.78, 5) is 0. The summed E-state index contributed by atoms with van der Waals surface area (Å²) in [6.45, 7) is 3.36. The molecule has 0 aliphatic rings. The van der Waals surface area contributed by atoms with Gasteiger partial charge >= 0.3 is 12.4 Å². The maximum atomic E-state index is 12.9. The van der Waals surface area contributed by atoms with Crippen LogP contribution in [0.25, 0.3) is 11.1 Å². The Kier molecular flexibility index (Phi) is 3.98. The highest BCUT2D eigenvalue weighted by Crippen LogP contribution is 2.39. The Morgan fingerprint density at radius 3 is 1.64 bits per heavy atom. The van der Waals surface area contributed by atoms with Gasteiger partial charge in [-0.15, -0.1) is 0 Å². The number of aryl methyl sites for hydroxylation is 2. The number of alkyl halides is 6. The molecule has 0 radical (unpaired) electrons. The highest BCUT2D eigenvalue weighted by molar-refractivity contribution is 5.69. The molecular weight excluding hydrogens is 306 g/mol. The van der Waals surface area contributed by atoms with Crippen LogP contribution in [0.5, 0.6) is 0 Å². The molecule has 22 heavy (non-hydrogen) atoms. The van der Waals surface area contributed by atoms with E-state index in [1.165, 1.54) is 0 Å². The van der Waals surface area contributed by atoms with Gasteiger partial charge in [-0.2, -0.15) is 26.3 Å². The highest BCUT2D eigenvalue weighted by Gasteiger charge is 2.37. The minimum atomic E-state index is -4.84. The average Bonchev–Trinajstić information content (AvgIpc) is 2.39. The van der Waals surface area contributed by atoms with Crippen LogP contribution in [-0.4, -0.2) is 0 Å². The average molecular weight is 318 g/mol. The molecule has 118 valence electrons. The van der Waals surface area contributed by atoms with Gasteiger partial charge in [-0.05, 0) is 48.7 Å². The van der Waals surface area contributed by atoms with Crippen LogP contribution >= 0.6 is 0 Å². The smallest absolute Gasteiger partial charge is 0.166 e. The van der Waals surface area contributed by atoms with Crippen LogP contribution in [0.4, 0.5) is 26.3 Å². The fourth-order valence-corrected chi connectivity index (χ4v) is 2.16. The van der Waals surface area contributed by atoms with E-state index in [0.29, 0.717) is 11.1 Å². The summed E-state index contributed by atoms with van der Waals surface area (Å²) in [5, 5.41) is 0. The predicted octanol–water partition coefficient (Wildman–Crippen LogP) is 6.01. The molecule has 0 amide bonds. The Labute approximate surface area is 123 Å². The Morgan fingerprint density at radius 1 is 0.682 bits per heavy atom. The van der Waals surface area contributed by atoms with Crippen LogP contribution < -0.4 is 0 Å². The standard InChI is InChI=1S/C16H12F6/c1-9-3-4-10(2)14(5-9)11-6-12(15(17,18)19)8-13(7-11)16(20,21)22/h3-8H,1-2H3. The lowest BCUT2D eigenvalue weighted by molar-refractivity contribution is -0.143. The summed E-state index contributed by atoms with van der Waals surface area (Å²) in [7, 11) is 0. The van der Waals surface area contributed by atoms with Gasteiger partial charge in [0.05, 0.1) is 11.1 Å². The number of halogens is 6. The van der Waals surface area contributed by atoms with Gasteiger partial charge in [0.2, 0.25) is 0 Å². The summed E-state index contributed by atoms with van der Waals surface area (Å²) < 4.78 is 77.2. The van der Waals surface area contributed by atoms with Crippen LogP contribution in [-0.2, 0) is 12.4 Å². The van der Waals surface area contributed by atoms with Gasteiger partial charge in [0.1, 0.15) is 0 Å². The van der Waals surface area contributed by atoms with E-state index in [9.17, 15) is 26.3 Å². The SMILES string of the molecule is Cc1ccc(C)c(-c2cc(C(F)(F)F)cc(C(F)(F)F)c2)c1. The number of benzene rings is 2. The molecule has 0 aliphatic heterocycles. The molecule has 0 aromatic heterocycles. The third-order valence-electron chi connectivity index (χ3n) is 3.29. The summed E-state index contributed by atoms with van der Waals surface area (Å²) in [5.74, 6) is 0. The van der Waals surface area contributed by atoms with E-state index in [1.807, 2.05) is 0 Å². The maximum Gasteiger partial charge on any atom is 0.416 e. The van der Waals surface area contributed by atoms with Gasteiger partial charge in [0.25, 0.3) is 0 Å². The van der Waals surface area contributed by atoms with E-state index in [1.54, 1.807) is 32.0 Å². The van der Waals surface area contributed by atoms with Crippen LogP contribution in [0.15, 0.2) is 36.4 Å². The molecule has 0 heterocycles. The first-order valence-electron chi connectivity index (χ1n) is 6.35. The van der Waals surface area contributed by atoms with Gasteiger partial charge in [-0.25, -0.2) is 0 Å². The van der Waals surface area contributed by atoms with Crippen molar-refractivity contribution in [2.45, 2.75) is 26.2 Å². The van der Waals surface area contributed by atoms with E-state index in [2.05, 4.69) is 0 Å². The molecule has 0 aliphatic carbocycles. The second-order valence-corrected chi connectivity index (χ2v) is 5.11. The highest BCUT2D eigenvalue weighted by atomic mass is 19.4. The molecule has 2 rings (SSSR count). The topological polar surface area (TPSA) is 0 Å². The van der Waals surface area contributed by atoms with Crippen molar-refractivity contribution >= 4 is 0 Å². The van der Waals surface area contributed by atoms with Crippen LogP contribution in [0.3, 0.4) is 0 Å².